The van der Waals surface area contributed by atoms with E-state index in [0.717, 1.165) is 22.6 Å². The molecular formula is C12H17NO4. The van der Waals surface area contributed by atoms with E-state index in [0.29, 0.717) is 6.54 Å². The molecule has 17 heavy (non-hydrogen) atoms. The summed E-state index contributed by atoms with van der Waals surface area (Å²) in [6, 6.07) is 3.57. The van der Waals surface area contributed by atoms with Crippen LogP contribution in [0.2, 0.25) is 0 Å². The number of fused-ring (bicyclic) bond motifs is 1. The minimum Gasteiger partial charge on any atom is -0.454 e. The van der Waals surface area contributed by atoms with Crippen LogP contribution < -0.4 is 14.8 Å². The van der Waals surface area contributed by atoms with Crippen molar-refractivity contribution in [1.82, 2.24) is 5.32 Å². The molecule has 0 atom stereocenters. The van der Waals surface area contributed by atoms with Gasteiger partial charge in [0.25, 0.3) is 0 Å². The lowest BCUT2D eigenvalue weighted by Crippen LogP contribution is -2.35. The standard InChI is InChI=1S/C12H17NO4/c1-8-2-11-12(17-7-16-11)3-9(8)4-13-10(5-14)6-15/h2-3,10,13-15H,4-7H2,1H3. The maximum atomic E-state index is 8.96. The molecule has 0 aromatic heterocycles. The van der Waals surface area contributed by atoms with Crippen LogP contribution in [0.3, 0.4) is 0 Å². The quantitative estimate of drug-likeness (QED) is 0.683. The molecule has 0 radical (unpaired) electrons. The lowest BCUT2D eigenvalue weighted by atomic mass is 10.1. The van der Waals surface area contributed by atoms with Gasteiger partial charge in [0.05, 0.1) is 19.3 Å². The summed E-state index contributed by atoms with van der Waals surface area (Å²) in [5, 5.41) is 21.0. The monoisotopic (exact) mass is 239 g/mol. The zero-order valence-electron chi connectivity index (χ0n) is 9.77. The summed E-state index contributed by atoms with van der Waals surface area (Å²) < 4.78 is 10.6. The molecule has 94 valence electrons. The maximum absolute atomic E-state index is 8.96. The predicted octanol–water partition coefficient (Wildman–Crippen LogP) is 0.167. The van der Waals surface area contributed by atoms with Gasteiger partial charge in [0.15, 0.2) is 11.5 Å². The van der Waals surface area contributed by atoms with E-state index < -0.39 is 0 Å². The van der Waals surface area contributed by atoms with Crippen molar-refractivity contribution in [2.75, 3.05) is 20.0 Å². The van der Waals surface area contributed by atoms with Crippen LogP contribution >= 0.6 is 0 Å². The van der Waals surface area contributed by atoms with E-state index in [1.54, 1.807) is 0 Å². The fraction of sp³-hybridized carbons (Fsp3) is 0.500. The summed E-state index contributed by atoms with van der Waals surface area (Å²) in [4.78, 5) is 0. The number of hydrogen-bond donors (Lipinski definition) is 3. The molecule has 1 aromatic carbocycles. The lowest BCUT2D eigenvalue weighted by Gasteiger charge is -2.14. The second-order valence-corrected chi connectivity index (χ2v) is 4.07. The maximum Gasteiger partial charge on any atom is 0.231 e. The summed E-state index contributed by atoms with van der Waals surface area (Å²) in [6.07, 6.45) is 0. The topological polar surface area (TPSA) is 71.0 Å². The van der Waals surface area contributed by atoms with Gasteiger partial charge in [-0.25, -0.2) is 0 Å². The summed E-state index contributed by atoms with van der Waals surface area (Å²) in [5.41, 5.74) is 2.16. The first kappa shape index (κ1) is 12.2. The van der Waals surface area contributed by atoms with E-state index >= 15 is 0 Å². The summed E-state index contributed by atoms with van der Waals surface area (Å²) in [5.74, 6) is 1.52. The van der Waals surface area contributed by atoms with Crippen molar-refractivity contribution in [1.29, 1.82) is 0 Å². The first-order valence-electron chi connectivity index (χ1n) is 5.59. The third-order valence-corrected chi connectivity index (χ3v) is 2.85. The molecule has 0 aliphatic carbocycles. The third kappa shape index (κ3) is 2.69. The van der Waals surface area contributed by atoms with Crippen LogP contribution in [0.5, 0.6) is 11.5 Å². The fourth-order valence-electron chi connectivity index (χ4n) is 1.72. The number of aliphatic hydroxyl groups excluding tert-OH is 2. The zero-order valence-corrected chi connectivity index (χ0v) is 9.77. The molecule has 1 aromatic rings. The molecule has 2 rings (SSSR count). The van der Waals surface area contributed by atoms with Crippen LogP contribution in [-0.2, 0) is 6.54 Å². The van der Waals surface area contributed by atoms with E-state index in [2.05, 4.69) is 5.32 Å². The molecule has 0 fully saturated rings. The van der Waals surface area contributed by atoms with E-state index in [9.17, 15) is 0 Å². The molecule has 0 spiro atoms. The highest BCUT2D eigenvalue weighted by atomic mass is 16.7. The summed E-state index contributed by atoms with van der Waals surface area (Å²) in [7, 11) is 0. The Morgan fingerprint density at radius 2 is 1.88 bits per heavy atom. The average Bonchev–Trinajstić information content (AvgIpc) is 2.77. The normalized spacial score (nSPS) is 13.4. The Balaban J connectivity index is 2.06. The minimum atomic E-state index is -0.292. The number of aliphatic hydroxyl groups is 2. The van der Waals surface area contributed by atoms with Crippen LogP contribution in [0.1, 0.15) is 11.1 Å². The lowest BCUT2D eigenvalue weighted by molar-refractivity contribution is 0.170. The Morgan fingerprint density at radius 3 is 2.53 bits per heavy atom. The van der Waals surface area contributed by atoms with Crippen LogP contribution in [0.15, 0.2) is 12.1 Å². The van der Waals surface area contributed by atoms with Gasteiger partial charge in [0.1, 0.15) is 0 Å². The first-order valence-corrected chi connectivity index (χ1v) is 5.59. The van der Waals surface area contributed by atoms with Gasteiger partial charge in [-0.2, -0.15) is 0 Å². The van der Waals surface area contributed by atoms with Crippen LogP contribution in [-0.4, -0.2) is 36.3 Å². The molecule has 3 N–H and O–H groups in total. The number of hydrogen-bond acceptors (Lipinski definition) is 5. The van der Waals surface area contributed by atoms with Crippen molar-refractivity contribution in [3.63, 3.8) is 0 Å². The molecule has 5 heteroatoms. The average molecular weight is 239 g/mol. The van der Waals surface area contributed by atoms with Gasteiger partial charge < -0.3 is 25.0 Å². The second-order valence-electron chi connectivity index (χ2n) is 4.07. The molecule has 0 bridgehead atoms. The molecule has 1 aliphatic rings. The molecule has 1 heterocycles. The van der Waals surface area contributed by atoms with E-state index in [1.807, 2.05) is 19.1 Å². The van der Waals surface area contributed by atoms with Gasteiger partial charge in [-0.05, 0) is 30.2 Å². The Kier molecular flexibility index (Phi) is 3.83. The van der Waals surface area contributed by atoms with Crippen molar-refractivity contribution in [2.45, 2.75) is 19.5 Å². The Bertz CT molecular complexity index is 390. The number of rotatable bonds is 5. The highest BCUT2D eigenvalue weighted by Gasteiger charge is 2.16. The predicted molar refractivity (Wildman–Crippen MR) is 62.1 cm³/mol. The molecule has 0 saturated carbocycles. The van der Waals surface area contributed by atoms with Crippen molar-refractivity contribution >= 4 is 0 Å². The van der Waals surface area contributed by atoms with Crippen molar-refractivity contribution in [3.8, 4) is 11.5 Å². The van der Waals surface area contributed by atoms with Crippen LogP contribution in [0.25, 0.3) is 0 Å². The Hall–Kier alpha value is -1.30. The van der Waals surface area contributed by atoms with Crippen molar-refractivity contribution in [3.05, 3.63) is 23.3 Å². The number of aryl methyl sites for hydroxylation is 1. The summed E-state index contributed by atoms with van der Waals surface area (Å²) in [6.45, 7) is 2.67. The Labute approximate surface area is 100.0 Å². The highest BCUT2D eigenvalue weighted by molar-refractivity contribution is 5.48. The zero-order chi connectivity index (χ0) is 12.3. The highest BCUT2D eigenvalue weighted by Crippen LogP contribution is 2.34. The number of nitrogens with one attached hydrogen (secondary N) is 1. The number of benzene rings is 1. The fourth-order valence-corrected chi connectivity index (χ4v) is 1.72. The van der Waals surface area contributed by atoms with Gasteiger partial charge in [-0.3, -0.25) is 0 Å². The molecule has 0 saturated heterocycles. The van der Waals surface area contributed by atoms with E-state index in [1.165, 1.54) is 0 Å². The van der Waals surface area contributed by atoms with Gasteiger partial charge in [0.2, 0.25) is 6.79 Å². The van der Waals surface area contributed by atoms with E-state index in [-0.39, 0.29) is 26.0 Å². The molecular weight excluding hydrogens is 222 g/mol. The van der Waals surface area contributed by atoms with E-state index in [4.69, 9.17) is 19.7 Å². The Morgan fingerprint density at radius 1 is 1.24 bits per heavy atom. The number of ether oxygens (including phenoxy) is 2. The molecule has 1 aliphatic heterocycles. The minimum absolute atomic E-state index is 0.0832. The molecule has 5 nitrogen and oxygen atoms in total. The van der Waals surface area contributed by atoms with Gasteiger partial charge in [0, 0.05) is 6.54 Å². The van der Waals surface area contributed by atoms with Gasteiger partial charge in [-0.15, -0.1) is 0 Å². The SMILES string of the molecule is Cc1cc2c(cc1CNC(CO)CO)OCO2. The smallest absolute Gasteiger partial charge is 0.231 e. The molecule has 0 amide bonds. The first-order chi connectivity index (χ1) is 8.24. The third-order valence-electron chi connectivity index (χ3n) is 2.85. The largest absolute Gasteiger partial charge is 0.454 e. The van der Waals surface area contributed by atoms with Gasteiger partial charge in [-0.1, -0.05) is 0 Å². The van der Waals surface area contributed by atoms with Crippen molar-refractivity contribution < 1.29 is 19.7 Å². The summed E-state index contributed by atoms with van der Waals surface area (Å²) >= 11 is 0. The molecule has 0 unspecified atom stereocenters. The van der Waals surface area contributed by atoms with Gasteiger partial charge >= 0.3 is 0 Å². The van der Waals surface area contributed by atoms with Crippen LogP contribution in [0.4, 0.5) is 0 Å². The van der Waals surface area contributed by atoms with Crippen molar-refractivity contribution in [2.24, 2.45) is 0 Å². The van der Waals surface area contributed by atoms with Crippen LogP contribution in [0, 0.1) is 6.92 Å². The second kappa shape index (κ2) is 5.35.